The van der Waals surface area contributed by atoms with Gasteiger partial charge in [0.1, 0.15) is 0 Å². The maximum absolute atomic E-state index is 5.40. The Hall–Kier alpha value is -0.860. The Bertz CT molecular complexity index is 260. The maximum atomic E-state index is 5.40. The number of hydrogen-bond acceptors (Lipinski definition) is 2. The van der Waals surface area contributed by atoms with Gasteiger partial charge in [-0.15, -0.1) is 0 Å². The highest BCUT2D eigenvalue weighted by molar-refractivity contribution is 5.27. The monoisotopic (exact) mass is 179 g/mol. The molecule has 1 aromatic carbocycles. The number of likely N-dealkylation sites (N-methyl/N-ethyl adjacent to an activating group) is 1. The molecule has 0 fully saturated rings. The number of ether oxygens (including phenoxy) is 1. The molecule has 0 radical (unpaired) electrons. The molecule has 2 nitrogen and oxygen atoms in total. The minimum Gasteiger partial charge on any atom is -0.375 e. The summed E-state index contributed by atoms with van der Waals surface area (Å²) in [5, 5.41) is 3.12. The Morgan fingerprint density at radius 3 is 2.62 bits per heavy atom. The van der Waals surface area contributed by atoms with Crippen molar-refractivity contribution in [3.63, 3.8) is 0 Å². The molecule has 0 aromatic heterocycles. The largest absolute Gasteiger partial charge is 0.375 e. The lowest BCUT2D eigenvalue weighted by Gasteiger charge is -2.17. The molecule has 0 spiro atoms. The number of hydrogen-bond donors (Lipinski definition) is 1. The summed E-state index contributed by atoms with van der Waals surface area (Å²) in [6, 6.07) is 8.31. The van der Waals surface area contributed by atoms with Gasteiger partial charge >= 0.3 is 0 Å². The van der Waals surface area contributed by atoms with E-state index in [-0.39, 0.29) is 6.10 Å². The summed E-state index contributed by atoms with van der Waals surface area (Å²) < 4.78 is 5.40. The number of methoxy groups -OCH3 is 1. The molecule has 1 rings (SSSR count). The summed E-state index contributed by atoms with van der Waals surface area (Å²) >= 11 is 0. The second kappa shape index (κ2) is 5.00. The van der Waals surface area contributed by atoms with Gasteiger partial charge in [0.25, 0.3) is 0 Å². The van der Waals surface area contributed by atoms with Gasteiger partial charge in [0.2, 0.25) is 0 Å². The van der Waals surface area contributed by atoms with E-state index in [0.29, 0.717) is 0 Å². The summed E-state index contributed by atoms with van der Waals surface area (Å²) in [5.41, 5.74) is 2.55. The molecule has 0 aliphatic heterocycles. The van der Waals surface area contributed by atoms with Gasteiger partial charge in [0, 0.05) is 13.7 Å². The van der Waals surface area contributed by atoms with Crippen LogP contribution in [-0.2, 0) is 4.74 Å². The van der Waals surface area contributed by atoms with Crippen molar-refractivity contribution < 1.29 is 4.74 Å². The molecule has 0 aliphatic carbocycles. The molecule has 1 atom stereocenters. The number of nitrogens with one attached hydrogen (secondary N) is 1. The molecule has 72 valence electrons. The molecule has 2 heteroatoms. The van der Waals surface area contributed by atoms with Crippen molar-refractivity contribution in [2.75, 3.05) is 20.7 Å². The number of aryl methyl sites for hydroxylation is 1. The van der Waals surface area contributed by atoms with Crippen molar-refractivity contribution in [1.82, 2.24) is 5.32 Å². The van der Waals surface area contributed by atoms with Crippen LogP contribution < -0.4 is 5.32 Å². The van der Waals surface area contributed by atoms with E-state index >= 15 is 0 Å². The Labute approximate surface area is 79.9 Å². The summed E-state index contributed by atoms with van der Waals surface area (Å²) in [5.74, 6) is 0. The quantitative estimate of drug-likeness (QED) is 0.762. The third-order valence-corrected chi connectivity index (χ3v) is 2.21. The summed E-state index contributed by atoms with van der Waals surface area (Å²) in [7, 11) is 3.68. The summed E-state index contributed by atoms with van der Waals surface area (Å²) in [6.45, 7) is 2.96. The van der Waals surface area contributed by atoms with Crippen LogP contribution in [0.15, 0.2) is 24.3 Å². The second-order valence-electron chi connectivity index (χ2n) is 3.14. The summed E-state index contributed by atoms with van der Waals surface area (Å²) in [4.78, 5) is 0. The molecule has 0 amide bonds. The van der Waals surface area contributed by atoms with Crippen LogP contribution >= 0.6 is 0 Å². The number of rotatable bonds is 4. The maximum Gasteiger partial charge on any atom is 0.0947 e. The Morgan fingerprint density at radius 2 is 2.08 bits per heavy atom. The highest BCUT2D eigenvalue weighted by atomic mass is 16.5. The van der Waals surface area contributed by atoms with Gasteiger partial charge in [-0.2, -0.15) is 0 Å². The molecule has 1 N–H and O–H groups in total. The van der Waals surface area contributed by atoms with E-state index in [1.807, 2.05) is 19.2 Å². The predicted molar refractivity (Wildman–Crippen MR) is 54.9 cm³/mol. The minimum atomic E-state index is 0.159. The first-order valence-electron chi connectivity index (χ1n) is 4.52. The van der Waals surface area contributed by atoms with Crippen LogP contribution in [0.3, 0.4) is 0 Å². The van der Waals surface area contributed by atoms with Crippen molar-refractivity contribution in [2.45, 2.75) is 13.0 Å². The molecule has 1 aromatic rings. The standard InChI is InChI=1S/C11H17NO/c1-9-6-4-5-7-10(9)11(13-3)8-12-2/h4-7,11-12H,8H2,1-3H3/t11-/m1/s1. The van der Waals surface area contributed by atoms with Crippen LogP contribution in [0.1, 0.15) is 17.2 Å². The van der Waals surface area contributed by atoms with Crippen LogP contribution in [0.5, 0.6) is 0 Å². The van der Waals surface area contributed by atoms with Crippen molar-refractivity contribution >= 4 is 0 Å². The molecule has 0 saturated heterocycles. The molecular formula is C11H17NO. The van der Waals surface area contributed by atoms with Crippen molar-refractivity contribution in [3.05, 3.63) is 35.4 Å². The van der Waals surface area contributed by atoms with E-state index in [1.54, 1.807) is 7.11 Å². The zero-order chi connectivity index (χ0) is 9.68. The van der Waals surface area contributed by atoms with Gasteiger partial charge in [0.05, 0.1) is 6.10 Å². The molecule has 0 heterocycles. The predicted octanol–water partition coefficient (Wildman–Crippen LogP) is 1.90. The van der Waals surface area contributed by atoms with Gasteiger partial charge in [-0.3, -0.25) is 0 Å². The fraction of sp³-hybridized carbons (Fsp3) is 0.455. The lowest BCUT2D eigenvalue weighted by atomic mass is 10.0. The van der Waals surface area contributed by atoms with E-state index in [0.717, 1.165) is 6.54 Å². The van der Waals surface area contributed by atoms with E-state index in [1.165, 1.54) is 11.1 Å². The lowest BCUT2D eigenvalue weighted by molar-refractivity contribution is 0.104. The molecule has 13 heavy (non-hydrogen) atoms. The molecule has 0 unspecified atom stereocenters. The van der Waals surface area contributed by atoms with Crippen LogP contribution in [0, 0.1) is 6.92 Å². The first-order chi connectivity index (χ1) is 6.29. The van der Waals surface area contributed by atoms with E-state index < -0.39 is 0 Å². The molecular weight excluding hydrogens is 162 g/mol. The third kappa shape index (κ3) is 2.54. The SMILES string of the molecule is CNC[C@@H](OC)c1ccccc1C. The average Bonchev–Trinajstić information content (AvgIpc) is 2.16. The highest BCUT2D eigenvalue weighted by Crippen LogP contribution is 2.19. The van der Waals surface area contributed by atoms with Crippen molar-refractivity contribution in [3.8, 4) is 0 Å². The fourth-order valence-electron chi connectivity index (χ4n) is 1.45. The molecule has 0 saturated carbocycles. The Balaban J connectivity index is 2.84. The minimum absolute atomic E-state index is 0.159. The normalized spacial score (nSPS) is 12.8. The first-order valence-corrected chi connectivity index (χ1v) is 4.52. The Morgan fingerprint density at radius 1 is 1.38 bits per heavy atom. The lowest BCUT2D eigenvalue weighted by Crippen LogP contribution is -2.19. The van der Waals surface area contributed by atoms with Gasteiger partial charge in [-0.1, -0.05) is 24.3 Å². The topological polar surface area (TPSA) is 21.3 Å². The van der Waals surface area contributed by atoms with Gasteiger partial charge in [-0.05, 0) is 25.1 Å². The van der Waals surface area contributed by atoms with Crippen LogP contribution in [0.25, 0.3) is 0 Å². The highest BCUT2D eigenvalue weighted by Gasteiger charge is 2.10. The molecule has 0 bridgehead atoms. The van der Waals surface area contributed by atoms with Crippen LogP contribution in [0.4, 0.5) is 0 Å². The van der Waals surface area contributed by atoms with E-state index in [9.17, 15) is 0 Å². The van der Waals surface area contributed by atoms with E-state index in [2.05, 4.69) is 24.4 Å². The first kappa shape index (κ1) is 10.2. The van der Waals surface area contributed by atoms with Gasteiger partial charge < -0.3 is 10.1 Å². The fourth-order valence-corrected chi connectivity index (χ4v) is 1.45. The zero-order valence-corrected chi connectivity index (χ0v) is 8.50. The summed E-state index contributed by atoms with van der Waals surface area (Å²) in [6.07, 6.45) is 0.159. The zero-order valence-electron chi connectivity index (χ0n) is 8.50. The van der Waals surface area contributed by atoms with Crippen LogP contribution in [-0.4, -0.2) is 20.7 Å². The van der Waals surface area contributed by atoms with E-state index in [4.69, 9.17) is 4.74 Å². The molecule has 0 aliphatic rings. The average molecular weight is 179 g/mol. The Kier molecular flexibility index (Phi) is 3.93. The second-order valence-corrected chi connectivity index (χ2v) is 3.14. The third-order valence-electron chi connectivity index (χ3n) is 2.21. The van der Waals surface area contributed by atoms with Crippen LogP contribution in [0.2, 0.25) is 0 Å². The van der Waals surface area contributed by atoms with Gasteiger partial charge in [0.15, 0.2) is 0 Å². The smallest absolute Gasteiger partial charge is 0.0947 e. The van der Waals surface area contributed by atoms with Crippen molar-refractivity contribution in [1.29, 1.82) is 0 Å². The van der Waals surface area contributed by atoms with Crippen molar-refractivity contribution in [2.24, 2.45) is 0 Å². The number of benzene rings is 1. The van der Waals surface area contributed by atoms with Gasteiger partial charge in [-0.25, -0.2) is 0 Å².